The van der Waals surface area contributed by atoms with E-state index < -0.39 is 67.8 Å². The maximum absolute atomic E-state index is 11.9. The lowest BCUT2D eigenvalue weighted by Gasteiger charge is -2.16. The lowest BCUT2D eigenvalue weighted by molar-refractivity contribution is -0.170. The summed E-state index contributed by atoms with van der Waals surface area (Å²) in [6.45, 7) is 2.06. The second kappa shape index (κ2) is 18.6. The molecule has 0 aromatic carbocycles. The fourth-order valence-corrected chi connectivity index (χ4v) is 1.97. The smallest absolute Gasteiger partial charge is 0.410 e. The molecule has 0 heterocycles. The molecule has 0 radical (unpaired) electrons. The molecule has 0 aliphatic rings. The highest BCUT2D eigenvalue weighted by Gasteiger charge is 2.22. The molecule has 0 aromatic heterocycles. The highest BCUT2D eigenvalue weighted by Crippen LogP contribution is 1.95. The number of carbonyl (C=O) groups excluding carboxylic acids is 6. The zero-order chi connectivity index (χ0) is 27.5. The summed E-state index contributed by atoms with van der Waals surface area (Å²) < 4.78 is 32.7. The predicted octanol–water partition coefficient (Wildman–Crippen LogP) is -1.94. The van der Waals surface area contributed by atoms with E-state index in [-0.39, 0.29) is 20.1 Å². The van der Waals surface area contributed by atoms with Crippen LogP contribution in [0.4, 0.5) is 9.59 Å². The van der Waals surface area contributed by atoms with E-state index in [1.165, 1.54) is 20.8 Å². The minimum absolute atomic E-state index is 0.0690. The molecule has 0 aliphatic heterocycles. The number of hydrogen-bond donors (Lipinski definition) is 4. The standard InChI is InChI=1S/C19H32N4O13/c1-11(21-7-31-8-32-13(3)24)15(25)33-9-34-16(26)12(2)22-18(28)35-10-36-19(29)23-14(6-20-4)17(27)30-5/h11-12,14,20-21H,6-10H2,1-5H3,(H,22,28)(H,23,29). The molecule has 17 heteroatoms. The SMILES string of the molecule is CNCC(NC(=O)OCOC(=O)NC(C)C(=O)OCOC(=O)C(C)NCOCOC(C)=O)C(=O)OC. The van der Waals surface area contributed by atoms with Gasteiger partial charge in [-0.05, 0) is 20.9 Å². The van der Waals surface area contributed by atoms with Gasteiger partial charge in [0.1, 0.15) is 24.9 Å². The van der Waals surface area contributed by atoms with Gasteiger partial charge < -0.3 is 49.1 Å². The number of rotatable bonds is 16. The van der Waals surface area contributed by atoms with Gasteiger partial charge in [0, 0.05) is 13.5 Å². The van der Waals surface area contributed by atoms with E-state index in [1.807, 2.05) is 0 Å². The third kappa shape index (κ3) is 15.3. The first-order chi connectivity index (χ1) is 17.0. The van der Waals surface area contributed by atoms with Crippen molar-refractivity contribution < 1.29 is 61.9 Å². The molecule has 17 nitrogen and oxygen atoms in total. The highest BCUT2D eigenvalue weighted by molar-refractivity contribution is 5.82. The molecule has 206 valence electrons. The number of amides is 2. The normalized spacial score (nSPS) is 12.7. The zero-order valence-corrected chi connectivity index (χ0v) is 20.6. The van der Waals surface area contributed by atoms with Crippen LogP contribution in [0.25, 0.3) is 0 Å². The van der Waals surface area contributed by atoms with Crippen molar-refractivity contribution in [2.75, 3.05) is 47.8 Å². The monoisotopic (exact) mass is 524 g/mol. The Hall–Kier alpha value is -3.70. The number of esters is 4. The topological polar surface area (TPSA) is 215 Å². The van der Waals surface area contributed by atoms with Crippen molar-refractivity contribution in [1.82, 2.24) is 21.3 Å². The van der Waals surface area contributed by atoms with Crippen molar-refractivity contribution in [3.8, 4) is 0 Å². The van der Waals surface area contributed by atoms with Crippen LogP contribution in [0.5, 0.6) is 0 Å². The van der Waals surface area contributed by atoms with Crippen LogP contribution in [0.2, 0.25) is 0 Å². The Morgan fingerprint density at radius 3 is 1.83 bits per heavy atom. The van der Waals surface area contributed by atoms with Crippen LogP contribution in [-0.2, 0) is 52.3 Å². The van der Waals surface area contributed by atoms with Gasteiger partial charge in [-0.2, -0.15) is 0 Å². The summed E-state index contributed by atoms with van der Waals surface area (Å²) in [5, 5.41) is 9.63. The second-order valence-corrected chi connectivity index (χ2v) is 6.70. The number of likely N-dealkylation sites (N-methyl/N-ethyl adjacent to an activating group) is 1. The Morgan fingerprint density at radius 1 is 0.722 bits per heavy atom. The molecule has 0 fully saturated rings. The molecule has 0 rings (SSSR count). The number of alkyl carbamates (subject to hydrolysis) is 2. The Balaban J connectivity index is 4.12. The van der Waals surface area contributed by atoms with E-state index in [1.54, 1.807) is 7.05 Å². The van der Waals surface area contributed by atoms with Crippen LogP contribution in [0.1, 0.15) is 20.8 Å². The maximum atomic E-state index is 11.9. The van der Waals surface area contributed by atoms with E-state index >= 15 is 0 Å². The van der Waals surface area contributed by atoms with Gasteiger partial charge in [0.25, 0.3) is 0 Å². The van der Waals surface area contributed by atoms with Crippen LogP contribution in [0, 0.1) is 0 Å². The van der Waals surface area contributed by atoms with Crippen molar-refractivity contribution in [3.05, 3.63) is 0 Å². The molecule has 3 unspecified atom stereocenters. The van der Waals surface area contributed by atoms with E-state index in [9.17, 15) is 28.8 Å². The molecule has 0 saturated carbocycles. The van der Waals surface area contributed by atoms with Crippen LogP contribution in [0.3, 0.4) is 0 Å². The second-order valence-electron chi connectivity index (χ2n) is 6.70. The van der Waals surface area contributed by atoms with E-state index in [4.69, 9.17) is 14.2 Å². The fourth-order valence-electron chi connectivity index (χ4n) is 1.97. The Labute approximate surface area is 206 Å². The molecule has 0 aromatic rings. The summed E-state index contributed by atoms with van der Waals surface area (Å²) >= 11 is 0. The third-order valence-electron chi connectivity index (χ3n) is 3.85. The van der Waals surface area contributed by atoms with Crippen molar-refractivity contribution >= 4 is 36.1 Å². The van der Waals surface area contributed by atoms with Crippen LogP contribution in [0.15, 0.2) is 0 Å². The van der Waals surface area contributed by atoms with E-state index in [0.717, 1.165) is 7.11 Å². The van der Waals surface area contributed by atoms with Crippen LogP contribution >= 0.6 is 0 Å². The fraction of sp³-hybridized carbons (Fsp3) is 0.684. The summed E-state index contributed by atoms with van der Waals surface area (Å²) in [6, 6.07) is -3.05. The minimum atomic E-state index is -1.20. The van der Waals surface area contributed by atoms with Crippen LogP contribution < -0.4 is 21.3 Å². The maximum Gasteiger partial charge on any atom is 0.410 e. The van der Waals surface area contributed by atoms with Gasteiger partial charge in [-0.1, -0.05) is 0 Å². The predicted molar refractivity (Wildman–Crippen MR) is 116 cm³/mol. The minimum Gasteiger partial charge on any atom is -0.467 e. The Bertz CT molecular complexity index is 749. The van der Waals surface area contributed by atoms with E-state index in [2.05, 4.69) is 40.2 Å². The molecule has 0 bridgehead atoms. The number of methoxy groups -OCH3 is 1. The molecule has 0 aliphatic carbocycles. The van der Waals surface area contributed by atoms with Gasteiger partial charge in [-0.15, -0.1) is 0 Å². The van der Waals surface area contributed by atoms with Gasteiger partial charge in [-0.3, -0.25) is 14.9 Å². The van der Waals surface area contributed by atoms with Crippen molar-refractivity contribution in [3.63, 3.8) is 0 Å². The van der Waals surface area contributed by atoms with Crippen LogP contribution in [-0.4, -0.2) is 102 Å². The van der Waals surface area contributed by atoms with Gasteiger partial charge in [-0.25, -0.2) is 19.2 Å². The average molecular weight is 524 g/mol. The molecular weight excluding hydrogens is 492 g/mol. The molecule has 0 spiro atoms. The summed E-state index contributed by atoms with van der Waals surface area (Å²) in [5.74, 6) is -2.95. The van der Waals surface area contributed by atoms with Crippen molar-refractivity contribution in [2.45, 2.75) is 38.9 Å². The number of nitrogens with one attached hydrogen (secondary N) is 4. The lowest BCUT2D eigenvalue weighted by Crippen LogP contribution is -2.47. The number of hydrogen-bond acceptors (Lipinski definition) is 15. The summed E-state index contributed by atoms with van der Waals surface area (Å²) in [7, 11) is 2.70. The molecular formula is C19H32N4O13. The highest BCUT2D eigenvalue weighted by atomic mass is 16.7. The zero-order valence-electron chi connectivity index (χ0n) is 20.6. The number of carbonyl (C=O) groups is 6. The van der Waals surface area contributed by atoms with Crippen molar-refractivity contribution in [2.24, 2.45) is 0 Å². The van der Waals surface area contributed by atoms with E-state index in [0.29, 0.717) is 0 Å². The molecule has 4 N–H and O–H groups in total. The molecule has 2 amide bonds. The summed E-state index contributed by atoms with van der Waals surface area (Å²) in [6.07, 6.45) is -2.17. The largest absolute Gasteiger partial charge is 0.467 e. The molecule has 0 saturated heterocycles. The summed E-state index contributed by atoms with van der Waals surface area (Å²) in [5.41, 5.74) is 0. The Kier molecular flexibility index (Phi) is 16.7. The van der Waals surface area contributed by atoms with Gasteiger partial charge in [0.2, 0.25) is 13.6 Å². The Morgan fingerprint density at radius 2 is 1.28 bits per heavy atom. The first kappa shape index (κ1) is 32.3. The first-order valence-electron chi connectivity index (χ1n) is 10.4. The molecule has 3 atom stereocenters. The lowest BCUT2D eigenvalue weighted by atomic mass is 10.3. The van der Waals surface area contributed by atoms with Crippen molar-refractivity contribution in [1.29, 1.82) is 0 Å². The van der Waals surface area contributed by atoms with Gasteiger partial charge in [0.05, 0.1) is 7.11 Å². The van der Waals surface area contributed by atoms with Gasteiger partial charge >= 0.3 is 36.1 Å². The van der Waals surface area contributed by atoms with Gasteiger partial charge in [0.15, 0.2) is 6.79 Å². The third-order valence-corrected chi connectivity index (χ3v) is 3.85. The summed E-state index contributed by atoms with van der Waals surface area (Å²) in [4.78, 5) is 69.1. The molecule has 36 heavy (non-hydrogen) atoms. The quantitative estimate of drug-likeness (QED) is 0.0748. The first-order valence-corrected chi connectivity index (χ1v) is 10.4. The number of ether oxygens (including phenoxy) is 7. The average Bonchev–Trinajstić information content (AvgIpc) is 2.82.